The van der Waals surface area contributed by atoms with Gasteiger partial charge in [-0.1, -0.05) is 44.7 Å². The zero-order valence-electron chi connectivity index (χ0n) is 12.9. The number of ether oxygens (including phenoxy) is 1. The predicted octanol–water partition coefficient (Wildman–Crippen LogP) is 3.14. The van der Waals surface area contributed by atoms with Gasteiger partial charge in [0.25, 0.3) is 0 Å². The summed E-state index contributed by atoms with van der Waals surface area (Å²) in [5.41, 5.74) is 0.417. The van der Waals surface area contributed by atoms with Crippen LogP contribution in [0.15, 0.2) is 36.9 Å². The van der Waals surface area contributed by atoms with Crippen LogP contribution in [-0.4, -0.2) is 23.9 Å². The number of rotatable bonds is 9. The van der Waals surface area contributed by atoms with Crippen LogP contribution in [0.4, 0.5) is 0 Å². The summed E-state index contributed by atoms with van der Waals surface area (Å²) < 4.78 is 5.61. The van der Waals surface area contributed by atoms with Crippen molar-refractivity contribution in [2.45, 2.75) is 39.3 Å². The maximum atomic E-state index is 10.3. The van der Waals surface area contributed by atoms with Crippen LogP contribution in [0.2, 0.25) is 0 Å². The van der Waals surface area contributed by atoms with Crippen molar-refractivity contribution in [3.05, 3.63) is 42.5 Å². The third kappa shape index (κ3) is 6.22. The summed E-state index contributed by atoms with van der Waals surface area (Å²) in [5.74, 6) is 1.35. The molecule has 1 aromatic carbocycles. The molecule has 1 rings (SSSR count). The summed E-state index contributed by atoms with van der Waals surface area (Å²) in [4.78, 5) is 0. The number of benzene rings is 1. The summed E-state index contributed by atoms with van der Waals surface area (Å²) >= 11 is 0. The number of hydrogen-bond donors (Lipinski definition) is 2. The lowest BCUT2D eigenvalue weighted by Crippen LogP contribution is -2.38. The van der Waals surface area contributed by atoms with Crippen molar-refractivity contribution in [3.8, 4) is 5.75 Å². The molecule has 0 bridgehead atoms. The van der Waals surface area contributed by atoms with E-state index in [-0.39, 0.29) is 0 Å². The molecule has 0 aliphatic rings. The lowest BCUT2D eigenvalue weighted by atomic mass is 9.94. The summed E-state index contributed by atoms with van der Waals surface area (Å²) in [5, 5.41) is 13.6. The molecular formula is C17H27NO2. The van der Waals surface area contributed by atoms with Crippen LogP contribution in [0.1, 0.15) is 32.8 Å². The van der Waals surface area contributed by atoms with Crippen LogP contribution < -0.4 is 10.1 Å². The van der Waals surface area contributed by atoms with E-state index in [1.54, 1.807) is 6.08 Å². The first-order chi connectivity index (χ1) is 9.44. The molecule has 20 heavy (non-hydrogen) atoms. The Kier molecular flexibility index (Phi) is 6.76. The highest BCUT2D eigenvalue weighted by molar-refractivity contribution is 5.33. The molecular weight excluding hydrogens is 250 g/mol. The van der Waals surface area contributed by atoms with Gasteiger partial charge >= 0.3 is 0 Å². The monoisotopic (exact) mass is 277 g/mol. The van der Waals surface area contributed by atoms with E-state index in [0.717, 1.165) is 17.7 Å². The molecule has 0 heterocycles. The van der Waals surface area contributed by atoms with Gasteiger partial charge in [-0.05, 0) is 25.3 Å². The summed E-state index contributed by atoms with van der Waals surface area (Å²) in [6, 6.07) is 7.93. The molecule has 3 nitrogen and oxygen atoms in total. The standard InChI is InChI=1S/C17H27NO2/c1-5-10-20-16-9-7-6-8-15(16)12-18-13-17(4,19)11-14(2)3/h5-9,14,18-19H,1,10-13H2,2-4H3. The van der Waals surface area contributed by atoms with Gasteiger partial charge in [0.05, 0.1) is 5.60 Å². The molecule has 112 valence electrons. The van der Waals surface area contributed by atoms with Crippen LogP contribution in [0, 0.1) is 5.92 Å². The van der Waals surface area contributed by atoms with Crippen LogP contribution in [-0.2, 0) is 6.54 Å². The minimum absolute atomic E-state index is 0.481. The lowest BCUT2D eigenvalue weighted by molar-refractivity contribution is 0.0383. The first-order valence-electron chi connectivity index (χ1n) is 7.19. The van der Waals surface area contributed by atoms with Gasteiger partial charge in [0.2, 0.25) is 0 Å². The maximum absolute atomic E-state index is 10.3. The molecule has 2 N–H and O–H groups in total. The van der Waals surface area contributed by atoms with Crippen LogP contribution >= 0.6 is 0 Å². The van der Waals surface area contributed by atoms with Gasteiger partial charge in [0.1, 0.15) is 12.4 Å². The lowest BCUT2D eigenvalue weighted by Gasteiger charge is -2.26. The van der Waals surface area contributed by atoms with E-state index in [2.05, 4.69) is 25.7 Å². The molecule has 1 atom stereocenters. The molecule has 0 spiro atoms. The van der Waals surface area contributed by atoms with Gasteiger partial charge in [0, 0.05) is 18.7 Å². The Bertz CT molecular complexity index is 413. The van der Waals surface area contributed by atoms with Crippen molar-refractivity contribution in [1.82, 2.24) is 5.32 Å². The normalized spacial score (nSPS) is 14.1. The fraction of sp³-hybridized carbons (Fsp3) is 0.529. The van der Waals surface area contributed by atoms with E-state index in [0.29, 0.717) is 25.6 Å². The molecule has 1 unspecified atom stereocenters. The van der Waals surface area contributed by atoms with E-state index in [4.69, 9.17) is 4.74 Å². The number of aliphatic hydroxyl groups is 1. The molecule has 0 saturated carbocycles. The Hall–Kier alpha value is -1.32. The van der Waals surface area contributed by atoms with Crippen LogP contribution in [0.5, 0.6) is 5.75 Å². The Labute approximate surface area is 122 Å². The average Bonchev–Trinajstić information content (AvgIpc) is 2.36. The van der Waals surface area contributed by atoms with Gasteiger partial charge in [-0.25, -0.2) is 0 Å². The first kappa shape index (κ1) is 16.7. The number of nitrogens with one attached hydrogen (secondary N) is 1. The second-order valence-electron chi connectivity index (χ2n) is 5.91. The Morgan fingerprint density at radius 1 is 1.40 bits per heavy atom. The molecule has 0 aliphatic heterocycles. The second-order valence-corrected chi connectivity index (χ2v) is 5.91. The van der Waals surface area contributed by atoms with Crippen LogP contribution in [0.3, 0.4) is 0 Å². The van der Waals surface area contributed by atoms with Crippen molar-refractivity contribution in [3.63, 3.8) is 0 Å². The van der Waals surface area contributed by atoms with E-state index in [9.17, 15) is 5.11 Å². The molecule has 3 heteroatoms. The molecule has 0 amide bonds. The quantitative estimate of drug-likeness (QED) is 0.681. The average molecular weight is 277 g/mol. The Morgan fingerprint density at radius 2 is 2.10 bits per heavy atom. The minimum Gasteiger partial charge on any atom is -0.489 e. The zero-order chi connectivity index (χ0) is 15.0. The van der Waals surface area contributed by atoms with Gasteiger partial charge in [-0.2, -0.15) is 0 Å². The van der Waals surface area contributed by atoms with Crippen molar-refractivity contribution in [2.24, 2.45) is 5.92 Å². The number of hydrogen-bond acceptors (Lipinski definition) is 3. The second kappa shape index (κ2) is 8.08. The highest BCUT2D eigenvalue weighted by Gasteiger charge is 2.21. The predicted molar refractivity (Wildman–Crippen MR) is 83.9 cm³/mol. The fourth-order valence-electron chi connectivity index (χ4n) is 2.36. The Balaban J connectivity index is 2.51. The van der Waals surface area contributed by atoms with E-state index in [1.807, 2.05) is 31.2 Å². The van der Waals surface area contributed by atoms with E-state index >= 15 is 0 Å². The highest BCUT2D eigenvalue weighted by atomic mass is 16.5. The van der Waals surface area contributed by atoms with Crippen molar-refractivity contribution < 1.29 is 9.84 Å². The first-order valence-corrected chi connectivity index (χ1v) is 7.19. The molecule has 0 fully saturated rings. The topological polar surface area (TPSA) is 41.5 Å². The largest absolute Gasteiger partial charge is 0.489 e. The van der Waals surface area contributed by atoms with Gasteiger partial charge in [-0.3, -0.25) is 0 Å². The number of para-hydroxylation sites is 1. The molecule has 1 aromatic rings. The summed E-state index contributed by atoms with van der Waals surface area (Å²) in [7, 11) is 0. The molecule has 0 aliphatic carbocycles. The Morgan fingerprint density at radius 3 is 2.75 bits per heavy atom. The summed E-state index contributed by atoms with van der Waals surface area (Å²) in [6.45, 7) is 11.5. The SMILES string of the molecule is C=CCOc1ccccc1CNCC(C)(O)CC(C)C. The molecule has 0 saturated heterocycles. The maximum Gasteiger partial charge on any atom is 0.124 e. The summed E-state index contributed by atoms with van der Waals surface area (Å²) in [6.07, 6.45) is 2.52. The fourth-order valence-corrected chi connectivity index (χ4v) is 2.36. The van der Waals surface area contributed by atoms with Crippen molar-refractivity contribution >= 4 is 0 Å². The van der Waals surface area contributed by atoms with Gasteiger partial charge < -0.3 is 15.2 Å². The molecule has 0 aromatic heterocycles. The van der Waals surface area contributed by atoms with Crippen molar-refractivity contribution in [2.75, 3.05) is 13.2 Å². The van der Waals surface area contributed by atoms with Gasteiger partial charge in [-0.15, -0.1) is 0 Å². The van der Waals surface area contributed by atoms with E-state index < -0.39 is 5.60 Å². The molecule has 0 radical (unpaired) electrons. The third-order valence-corrected chi connectivity index (χ3v) is 3.00. The zero-order valence-corrected chi connectivity index (χ0v) is 12.9. The van der Waals surface area contributed by atoms with E-state index in [1.165, 1.54) is 0 Å². The van der Waals surface area contributed by atoms with Crippen molar-refractivity contribution in [1.29, 1.82) is 0 Å². The third-order valence-electron chi connectivity index (χ3n) is 3.00. The smallest absolute Gasteiger partial charge is 0.124 e. The van der Waals surface area contributed by atoms with Crippen LogP contribution in [0.25, 0.3) is 0 Å². The highest BCUT2D eigenvalue weighted by Crippen LogP contribution is 2.19. The minimum atomic E-state index is -0.676. The van der Waals surface area contributed by atoms with Gasteiger partial charge in [0.15, 0.2) is 0 Å².